The second-order valence-corrected chi connectivity index (χ2v) is 10.2. The smallest absolute Gasteiger partial charge is 0.422 e. The lowest BCUT2D eigenvalue weighted by Gasteiger charge is -2.36. The molecule has 1 saturated carbocycles. The van der Waals surface area contributed by atoms with E-state index >= 15 is 0 Å². The molecule has 0 bridgehead atoms. The second kappa shape index (κ2) is 10.6. The van der Waals surface area contributed by atoms with E-state index in [1.165, 1.54) is 12.1 Å². The van der Waals surface area contributed by atoms with Gasteiger partial charge in [0.1, 0.15) is 29.7 Å². The van der Waals surface area contributed by atoms with Gasteiger partial charge in [-0.2, -0.15) is 18.2 Å². The Labute approximate surface area is 231 Å². The fourth-order valence-electron chi connectivity index (χ4n) is 5.46. The van der Waals surface area contributed by atoms with E-state index in [1.54, 1.807) is 36.4 Å². The molecule has 3 N–H and O–H groups in total. The molecular formula is C28H25F3N4O6. The zero-order chi connectivity index (χ0) is 28.7. The first-order valence-electron chi connectivity index (χ1n) is 13.1. The number of alkyl halides is 3. The summed E-state index contributed by atoms with van der Waals surface area (Å²) in [6.45, 7) is 0.138. The first kappa shape index (κ1) is 27.0. The number of carboxylic acid groups (broad SMARTS) is 1. The molecule has 2 aromatic carbocycles. The number of aliphatic hydroxyl groups excluding tert-OH is 1. The number of halogens is 3. The van der Waals surface area contributed by atoms with E-state index < -0.39 is 47.4 Å². The van der Waals surface area contributed by atoms with Crippen molar-refractivity contribution in [3.63, 3.8) is 0 Å². The van der Waals surface area contributed by atoms with Crippen molar-refractivity contribution in [2.24, 2.45) is 5.92 Å². The number of hydrogen-bond donors (Lipinski definition) is 3. The molecule has 13 heteroatoms. The number of aromatic nitrogens is 3. The Morgan fingerprint density at radius 3 is 2.59 bits per heavy atom. The topological polar surface area (TPSA) is 144 Å². The predicted molar refractivity (Wildman–Crippen MR) is 136 cm³/mol. The number of benzene rings is 2. The predicted octanol–water partition coefficient (Wildman–Crippen LogP) is 5.10. The van der Waals surface area contributed by atoms with Gasteiger partial charge in [0.25, 0.3) is 5.89 Å². The zero-order valence-corrected chi connectivity index (χ0v) is 21.5. The van der Waals surface area contributed by atoms with E-state index in [-0.39, 0.29) is 29.7 Å². The van der Waals surface area contributed by atoms with Crippen molar-refractivity contribution in [1.82, 2.24) is 20.6 Å². The number of carboxylic acids is 1. The second-order valence-electron chi connectivity index (χ2n) is 10.2. The summed E-state index contributed by atoms with van der Waals surface area (Å²) < 4.78 is 58.2. The number of nitrogens with zero attached hydrogens (tertiary/aromatic N) is 3. The van der Waals surface area contributed by atoms with E-state index in [2.05, 4.69) is 20.6 Å². The third kappa shape index (κ3) is 5.30. The average Bonchev–Trinajstić information content (AvgIpc) is 3.63. The number of aliphatic carboxylic acids is 1. The first-order valence-corrected chi connectivity index (χ1v) is 13.1. The molecule has 1 aliphatic carbocycles. The summed E-state index contributed by atoms with van der Waals surface area (Å²) in [5.74, 6) is -2.04. The summed E-state index contributed by atoms with van der Waals surface area (Å²) in [6, 6.07) is 12.1. The van der Waals surface area contributed by atoms with E-state index in [0.717, 1.165) is 12.8 Å². The van der Waals surface area contributed by atoms with Crippen LogP contribution in [-0.2, 0) is 11.0 Å². The summed E-state index contributed by atoms with van der Waals surface area (Å²) >= 11 is 0. The van der Waals surface area contributed by atoms with Gasteiger partial charge in [0.15, 0.2) is 0 Å². The highest BCUT2D eigenvalue weighted by molar-refractivity contribution is 5.71. The minimum atomic E-state index is -4.80. The Bertz CT molecular complexity index is 1550. The van der Waals surface area contributed by atoms with Gasteiger partial charge >= 0.3 is 12.1 Å². The highest BCUT2D eigenvalue weighted by Gasteiger charge is 2.43. The standard InChI is InChI=1S/C28H25F3N4O6/c29-28(30,31)21-22(14-5-2-1-3-6-14)34-40-24(21)26-33-25(35-41-26)15-9-10-18-20(12-15)39-13-19(23(18)36)32-17-8-4-7-16(11-17)27(37)38/h1-3,5-6,9-10,12,16-17,19,23,32,36H,4,7-8,11,13H2,(H,37,38)/t16-,17+,19-,23+/m0/s1. The Morgan fingerprint density at radius 1 is 1.02 bits per heavy atom. The molecule has 4 aromatic rings. The van der Waals surface area contributed by atoms with Crippen LogP contribution in [0.1, 0.15) is 42.9 Å². The molecular weight excluding hydrogens is 545 g/mol. The molecule has 6 rings (SSSR count). The Morgan fingerprint density at radius 2 is 1.83 bits per heavy atom. The van der Waals surface area contributed by atoms with Gasteiger partial charge in [-0.05, 0) is 25.3 Å². The molecule has 1 aliphatic heterocycles. The van der Waals surface area contributed by atoms with Crippen LogP contribution >= 0.6 is 0 Å². The molecule has 2 aromatic heterocycles. The molecule has 2 aliphatic rings. The molecule has 41 heavy (non-hydrogen) atoms. The van der Waals surface area contributed by atoms with E-state index in [1.807, 2.05) is 0 Å². The zero-order valence-electron chi connectivity index (χ0n) is 21.5. The lowest BCUT2D eigenvalue weighted by molar-refractivity contribution is -0.143. The van der Waals surface area contributed by atoms with Crippen molar-refractivity contribution < 1.29 is 42.0 Å². The quantitative estimate of drug-likeness (QED) is 0.286. The molecule has 3 heterocycles. The lowest BCUT2D eigenvalue weighted by Crippen LogP contribution is -2.49. The minimum Gasteiger partial charge on any atom is -0.491 e. The molecule has 10 nitrogen and oxygen atoms in total. The SMILES string of the molecule is O=C(O)[C@H]1CCC[C@@H](N[C@H]2COc3cc(-c4noc(-c5onc(-c6ccccc6)c5C(F)(F)F)n4)ccc3[C@H]2O)C1. The first-order chi connectivity index (χ1) is 19.7. The number of nitrogens with one attached hydrogen (secondary N) is 1. The fraction of sp³-hybridized carbons (Fsp3) is 0.357. The van der Waals surface area contributed by atoms with Gasteiger partial charge in [-0.15, -0.1) is 0 Å². The molecule has 0 radical (unpaired) electrons. The molecule has 0 amide bonds. The van der Waals surface area contributed by atoms with Gasteiger partial charge < -0.3 is 29.3 Å². The summed E-state index contributed by atoms with van der Waals surface area (Å²) in [6.07, 6.45) is -2.99. The normalized spacial score (nSPS) is 22.6. The summed E-state index contributed by atoms with van der Waals surface area (Å²) in [7, 11) is 0. The Balaban J connectivity index is 1.22. The highest BCUT2D eigenvalue weighted by Crippen LogP contribution is 2.43. The number of fused-ring (bicyclic) bond motifs is 1. The third-order valence-electron chi connectivity index (χ3n) is 7.51. The lowest BCUT2D eigenvalue weighted by atomic mass is 9.85. The van der Waals surface area contributed by atoms with Crippen molar-refractivity contribution in [2.75, 3.05) is 6.61 Å². The Kier molecular flexibility index (Phi) is 6.99. The van der Waals surface area contributed by atoms with Crippen LogP contribution in [0.25, 0.3) is 34.3 Å². The molecule has 0 saturated heterocycles. The number of ether oxygens (including phenoxy) is 1. The van der Waals surface area contributed by atoms with Crippen LogP contribution in [0.2, 0.25) is 0 Å². The summed E-state index contributed by atoms with van der Waals surface area (Å²) in [5.41, 5.74) is -0.391. The molecule has 4 atom stereocenters. The maximum absolute atomic E-state index is 14.0. The van der Waals surface area contributed by atoms with Gasteiger partial charge in [-0.1, -0.05) is 59.2 Å². The van der Waals surface area contributed by atoms with Crippen LogP contribution < -0.4 is 10.1 Å². The number of carbonyl (C=O) groups is 1. The monoisotopic (exact) mass is 570 g/mol. The van der Waals surface area contributed by atoms with Gasteiger partial charge in [0.05, 0.1) is 12.0 Å². The van der Waals surface area contributed by atoms with Crippen LogP contribution in [0.5, 0.6) is 5.75 Å². The van der Waals surface area contributed by atoms with Gasteiger partial charge in [0.2, 0.25) is 11.6 Å². The van der Waals surface area contributed by atoms with Crippen LogP contribution in [0.3, 0.4) is 0 Å². The Hall–Kier alpha value is -4.23. The summed E-state index contributed by atoms with van der Waals surface area (Å²) in [5, 5.41) is 31.2. The van der Waals surface area contributed by atoms with Crippen molar-refractivity contribution >= 4 is 5.97 Å². The van der Waals surface area contributed by atoms with Gasteiger partial charge in [0, 0.05) is 22.7 Å². The molecule has 0 unspecified atom stereocenters. The van der Waals surface area contributed by atoms with E-state index in [9.17, 15) is 28.2 Å². The number of hydrogen-bond acceptors (Lipinski definition) is 9. The molecule has 1 fully saturated rings. The maximum atomic E-state index is 14.0. The van der Waals surface area contributed by atoms with Crippen LogP contribution in [-0.4, -0.2) is 50.2 Å². The number of rotatable bonds is 6. The van der Waals surface area contributed by atoms with Crippen LogP contribution in [0.15, 0.2) is 57.6 Å². The minimum absolute atomic E-state index is 0.00570. The highest BCUT2D eigenvalue weighted by atomic mass is 19.4. The summed E-state index contributed by atoms with van der Waals surface area (Å²) in [4.78, 5) is 15.5. The van der Waals surface area contributed by atoms with Crippen LogP contribution in [0, 0.1) is 5.92 Å². The fourth-order valence-corrected chi connectivity index (χ4v) is 5.46. The van der Waals surface area contributed by atoms with Crippen molar-refractivity contribution in [3.05, 3.63) is 59.7 Å². The van der Waals surface area contributed by atoms with E-state index in [4.69, 9.17) is 13.8 Å². The van der Waals surface area contributed by atoms with E-state index in [0.29, 0.717) is 29.7 Å². The van der Waals surface area contributed by atoms with Gasteiger partial charge in [-0.3, -0.25) is 4.79 Å². The van der Waals surface area contributed by atoms with Crippen molar-refractivity contribution in [3.8, 4) is 40.0 Å². The average molecular weight is 571 g/mol. The molecule has 0 spiro atoms. The van der Waals surface area contributed by atoms with Crippen molar-refractivity contribution in [2.45, 2.75) is 50.0 Å². The van der Waals surface area contributed by atoms with Crippen molar-refractivity contribution in [1.29, 1.82) is 0 Å². The van der Waals surface area contributed by atoms with Gasteiger partial charge in [-0.25, -0.2) is 0 Å². The maximum Gasteiger partial charge on any atom is 0.422 e. The van der Waals surface area contributed by atoms with Crippen LogP contribution in [0.4, 0.5) is 13.2 Å². The number of aliphatic hydroxyl groups is 1. The third-order valence-corrected chi connectivity index (χ3v) is 7.51. The molecule has 214 valence electrons. The largest absolute Gasteiger partial charge is 0.491 e.